The van der Waals surface area contributed by atoms with Gasteiger partial charge in [-0.1, -0.05) is 19.1 Å². The highest BCUT2D eigenvalue weighted by Crippen LogP contribution is 2.18. The molecule has 0 aliphatic carbocycles. The van der Waals surface area contributed by atoms with Crippen LogP contribution in [0, 0.1) is 0 Å². The van der Waals surface area contributed by atoms with Crippen LogP contribution in [0.25, 0.3) is 0 Å². The van der Waals surface area contributed by atoms with E-state index in [1.165, 1.54) is 10.5 Å². The fraction of sp³-hybridized carbons (Fsp3) is 0.455. The number of rotatable bonds is 4. The van der Waals surface area contributed by atoms with Gasteiger partial charge >= 0.3 is 0 Å². The van der Waals surface area contributed by atoms with Crippen LogP contribution in [-0.4, -0.2) is 17.0 Å². The van der Waals surface area contributed by atoms with Crippen LogP contribution in [0.4, 0.5) is 0 Å². The van der Waals surface area contributed by atoms with Gasteiger partial charge < -0.3 is 5.11 Å². The SMILES string of the molecule is CCSc1ccc(CC(C)O)cc1. The summed E-state index contributed by atoms with van der Waals surface area (Å²) in [5, 5.41) is 9.17. The first-order chi connectivity index (χ1) is 6.22. The molecule has 1 rings (SSSR count). The zero-order valence-electron chi connectivity index (χ0n) is 8.16. The number of benzene rings is 1. The zero-order chi connectivity index (χ0) is 9.68. The first-order valence-electron chi connectivity index (χ1n) is 4.62. The summed E-state index contributed by atoms with van der Waals surface area (Å²) >= 11 is 1.84. The Morgan fingerprint density at radius 2 is 1.92 bits per heavy atom. The molecule has 1 atom stereocenters. The summed E-state index contributed by atoms with van der Waals surface area (Å²) in [6.45, 7) is 3.96. The largest absolute Gasteiger partial charge is 0.393 e. The maximum absolute atomic E-state index is 9.17. The number of hydrogen-bond acceptors (Lipinski definition) is 2. The summed E-state index contributed by atoms with van der Waals surface area (Å²) in [5.74, 6) is 1.11. The normalized spacial score (nSPS) is 12.8. The molecule has 0 bridgehead atoms. The van der Waals surface area contributed by atoms with Crippen LogP contribution < -0.4 is 0 Å². The number of hydrogen-bond donors (Lipinski definition) is 1. The van der Waals surface area contributed by atoms with Gasteiger partial charge in [-0.2, -0.15) is 0 Å². The summed E-state index contributed by atoms with van der Waals surface area (Å²) in [4.78, 5) is 1.30. The molecule has 0 aliphatic rings. The molecule has 0 saturated carbocycles. The zero-order valence-corrected chi connectivity index (χ0v) is 8.97. The molecule has 1 unspecified atom stereocenters. The van der Waals surface area contributed by atoms with E-state index in [-0.39, 0.29) is 6.10 Å². The van der Waals surface area contributed by atoms with Crippen molar-refractivity contribution in [1.29, 1.82) is 0 Å². The minimum atomic E-state index is -0.246. The van der Waals surface area contributed by atoms with Crippen molar-refractivity contribution in [3.8, 4) is 0 Å². The van der Waals surface area contributed by atoms with E-state index in [1.54, 1.807) is 0 Å². The van der Waals surface area contributed by atoms with E-state index in [0.29, 0.717) is 0 Å². The summed E-state index contributed by atoms with van der Waals surface area (Å²) in [5.41, 5.74) is 1.20. The second-order valence-corrected chi connectivity index (χ2v) is 4.47. The van der Waals surface area contributed by atoms with E-state index >= 15 is 0 Å². The van der Waals surface area contributed by atoms with Gasteiger partial charge in [0.1, 0.15) is 0 Å². The smallest absolute Gasteiger partial charge is 0.0552 e. The van der Waals surface area contributed by atoms with Crippen LogP contribution in [0.15, 0.2) is 29.2 Å². The highest BCUT2D eigenvalue weighted by atomic mass is 32.2. The third kappa shape index (κ3) is 3.83. The molecule has 0 spiro atoms. The van der Waals surface area contributed by atoms with Gasteiger partial charge in [-0.25, -0.2) is 0 Å². The van der Waals surface area contributed by atoms with Crippen LogP contribution in [0.5, 0.6) is 0 Å². The van der Waals surface area contributed by atoms with E-state index in [1.807, 2.05) is 18.7 Å². The van der Waals surface area contributed by atoms with E-state index < -0.39 is 0 Å². The lowest BCUT2D eigenvalue weighted by molar-refractivity contribution is 0.195. The molecule has 13 heavy (non-hydrogen) atoms. The second kappa shape index (κ2) is 5.30. The van der Waals surface area contributed by atoms with Crippen molar-refractivity contribution < 1.29 is 5.11 Å². The number of aliphatic hydroxyl groups excluding tert-OH is 1. The predicted molar refractivity (Wildman–Crippen MR) is 58.2 cm³/mol. The van der Waals surface area contributed by atoms with Gasteiger partial charge in [-0.15, -0.1) is 11.8 Å². The highest BCUT2D eigenvalue weighted by Gasteiger charge is 1.98. The Morgan fingerprint density at radius 1 is 1.31 bits per heavy atom. The Morgan fingerprint density at radius 3 is 2.38 bits per heavy atom. The van der Waals surface area contributed by atoms with Crippen LogP contribution in [-0.2, 0) is 6.42 Å². The molecule has 0 aromatic heterocycles. The third-order valence-electron chi connectivity index (χ3n) is 1.77. The third-order valence-corrected chi connectivity index (χ3v) is 2.66. The molecule has 1 aromatic carbocycles. The molecule has 0 saturated heterocycles. The van der Waals surface area contributed by atoms with Crippen molar-refractivity contribution >= 4 is 11.8 Å². The quantitative estimate of drug-likeness (QED) is 0.747. The van der Waals surface area contributed by atoms with Gasteiger partial charge in [0, 0.05) is 4.90 Å². The summed E-state index contributed by atoms with van der Waals surface area (Å²) < 4.78 is 0. The average Bonchev–Trinajstić information content (AvgIpc) is 2.08. The van der Waals surface area contributed by atoms with Crippen LogP contribution >= 0.6 is 11.8 Å². The average molecular weight is 196 g/mol. The first-order valence-corrected chi connectivity index (χ1v) is 5.60. The van der Waals surface area contributed by atoms with E-state index in [9.17, 15) is 5.11 Å². The van der Waals surface area contributed by atoms with E-state index in [4.69, 9.17) is 0 Å². The lowest BCUT2D eigenvalue weighted by atomic mass is 10.1. The van der Waals surface area contributed by atoms with Gasteiger partial charge in [-0.05, 0) is 36.8 Å². The Balaban J connectivity index is 2.59. The molecule has 2 heteroatoms. The Labute approximate surface area is 84.2 Å². The van der Waals surface area contributed by atoms with Crippen LogP contribution in [0.3, 0.4) is 0 Å². The maximum Gasteiger partial charge on any atom is 0.0552 e. The van der Waals surface area contributed by atoms with Crippen molar-refractivity contribution in [1.82, 2.24) is 0 Å². The van der Waals surface area contributed by atoms with Crippen molar-refractivity contribution in [2.45, 2.75) is 31.3 Å². The Hall–Kier alpha value is -0.470. The molecule has 1 N–H and O–H groups in total. The van der Waals surface area contributed by atoms with Crippen LogP contribution in [0.2, 0.25) is 0 Å². The number of aliphatic hydroxyl groups is 1. The van der Waals surface area contributed by atoms with Crippen molar-refractivity contribution in [2.24, 2.45) is 0 Å². The van der Waals surface area contributed by atoms with Crippen molar-refractivity contribution in [3.05, 3.63) is 29.8 Å². The molecule has 1 aromatic rings. The van der Waals surface area contributed by atoms with Crippen molar-refractivity contribution in [2.75, 3.05) is 5.75 Å². The van der Waals surface area contributed by atoms with Gasteiger partial charge in [0.2, 0.25) is 0 Å². The standard InChI is InChI=1S/C11H16OS/c1-3-13-11-6-4-10(5-7-11)8-9(2)12/h4-7,9,12H,3,8H2,1-2H3. The summed E-state index contributed by atoms with van der Waals surface area (Å²) in [7, 11) is 0. The van der Waals surface area contributed by atoms with Gasteiger partial charge in [0.05, 0.1) is 6.10 Å². The van der Waals surface area contributed by atoms with E-state index in [2.05, 4.69) is 31.2 Å². The topological polar surface area (TPSA) is 20.2 Å². The minimum Gasteiger partial charge on any atom is -0.393 e. The molecule has 0 heterocycles. The molecular formula is C11H16OS. The predicted octanol–water partition coefficient (Wildman–Crippen LogP) is 2.72. The monoisotopic (exact) mass is 196 g/mol. The Bertz CT molecular complexity index is 241. The summed E-state index contributed by atoms with van der Waals surface area (Å²) in [6, 6.07) is 8.41. The first kappa shape index (κ1) is 10.6. The van der Waals surface area contributed by atoms with Gasteiger partial charge in [0.15, 0.2) is 0 Å². The molecule has 0 aliphatic heterocycles. The summed E-state index contributed by atoms with van der Waals surface area (Å²) in [6.07, 6.45) is 0.501. The van der Waals surface area contributed by atoms with Gasteiger partial charge in [0.25, 0.3) is 0 Å². The fourth-order valence-electron chi connectivity index (χ4n) is 1.23. The maximum atomic E-state index is 9.17. The Kier molecular flexibility index (Phi) is 4.33. The molecule has 0 radical (unpaired) electrons. The van der Waals surface area contributed by atoms with E-state index in [0.717, 1.165) is 12.2 Å². The highest BCUT2D eigenvalue weighted by molar-refractivity contribution is 7.99. The van der Waals surface area contributed by atoms with Gasteiger partial charge in [-0.3, -0.25) is 0 Å². The molecule has 0 amide bonds. The fourth-order valence-corrected chi connectivity index (χ4v) is 1.89. The van der Waals surface area contributed by atoms with Crippen molar-refractivity contribution in [3.63, 3.8) is 0 Å². The lowest BCUT2D eigenvalue weighted by Gasteiger charge is -2.04. The van der Waals surface area contributed by atoms with Crippen LogP contribution in [0.1, 0.15) is 19.4 Å². The molecule has 0 fully saturated rings. The lowest BCUT2D eigenvalue weighted by Crippen LogP contribution is -2.03. The molecule has 72 valence electrons. The molecule has 1 nitrogen and oxygen atoms in total. The minimum absolute atomic E-state index is 0.246. The number of thioether (sulfide) groups is 1. The second-order valence-electron chi connectivity index (χ2n) is 3.13. The molecular weight excluding hydrogens is 180 g/mol.